The van der Waals surface area contributed by atoms with E-state index >= 15 is 0 Å². The third-order valence-electron chi connectivity index (χ3n) is 3.35. The van der Waals surface area contributed by atoms with Crippen molar-refractivity contribution in [2.45, 2.75) is 20.3 Å². The van der Waals surface area contributed by atoms with Crippen LogP contribution < -0.4 is 19.5 Å². The Labute approximate surface area is 152 Å². The molecule has 0 fully saturated rings. The molecule has 0 unspecified atom stereocenters. The van der Waals surface area contributed by atoms with Crippen LogP contribution in [0.3, 0.4) is 0 Å². The highest BCUT2D eigenvalue weighted by Gasteiger charge is 2.16. The summed E-state index contributed by atoms with van der Waals surface area (Å²) >= 11 is 6.30. The van der Waals surface area contributed by atoms with Crippen molar-refractivity contribution in [1.82, 2.24) is 0 Å². The molecule has 0 heterocycles. The maximum atomic E-state index is 12.5. The zero-order valence-electron chi connectivity index (χ0n) is 14.6. The maximum Gasteiger partial charge on any atom is 0.255 e. The van der Waals surface area contributed by atoms with Gasteiger partial charge in [-0.2, -0.15) is 0 Å². The molecule has 0 bridgehead atoms. The minimum atomic E-state index is -0.293. The van der Waals surface area contributed by atoms with E-state index in [9.17, 15) is 4.79 Å². The largest absolute Gasteiger partial charge is 0.497 e. The maximum absolute atomic E-state index is 12.5. The summed E-state index contributed by atoms with van der Waals surface area (Å²) in [7, 11) is 1.57. The van der Waals surface area contributed by atoms with Crippen LogP contribution >= 0.6 is 11.6 Å². The van der Waals surface area contributed by atoms with E-state index in [1.807, 2.05) is 13.8 Å². The Hall–Kier alpha value is -2.40. The Balaban J connectivity index is 2.26. The van der Waals surface area contributed by atoms with Gasteiger partial charge in [-0.15, -0.1) is 0 Å². The number of anilines is 1. The molecule has 0 saturated heterocycles. The Morgan fingerprint density at radius 2 is 1.96 bits per heavy atom. The number of hydrogen-bond acceptors (Lipinski definition) is 4. The number of amides is 1. The molecule has 0 aliphatic rings. The van der Waals surface area contributed by atoms with Crippen LogP contribution in [0.2, 0.25) is 5.02 Å². The van der Waals surface area contributed by atoms with Crippen molar-refractivity contribution in [2.75, 3.05) is 25.6 Å². The molecule has 0 saturated carbocycles. The minimum absolute atomic E-state index is 0.293. The topological polar surface area (TPSA) is 56.8 Å². The van der Waals surface area contributed by atoms with Crippen LogP contribution in [0.15, 0.2) is 36.4 Å². The van der Waals surface area contributed by atoms with Crippen molar-refractivity contribution in [2.24, 2.45) is 0 Å². The van der Waals surface area contributed by atoms with Gasteiger partial charge in [-0.05, 0) is 37.6 Å². The quantitative estimate of drug-likeness (QED) is 0.732. The fraction of sp³-hybridized carbons (Fsp3) is 0.316. The van der Waals surface area contributed by atoms with Crippen LogP contribution in [0.5, 0.6) is 17.2 Å². The Bertz CT molecular complexity index is 733. The fourth-order valence-electron chi connectivity index (χ4n) is 2.21. The molecule has 6 heteroatoms. The van der Waals surface area contributed by atoms with E-state index in [1.165, 1.54) is 0 Å². The van der Waals surface area contributed by atoms with Crippen molar-refractivity contribution in [1.29, 1.82) is 0 Å². The fourth-order valence-corrected chi connectivity index (χ4v) is 2.48. The molecule has 0 radical (unpaired) electrons. The van der Waals surface area contributed by atoms with E-state index in [0.29, 0.717) is 46.7 Å². The molecule has 134 valence electrons. The summed E-state index contributed by atoms with van der Waals surface area (Å²) in [5.41, 5.74) is 1.02. The zero-order chi connectivity index (χ0) is 18.2. The number of methoxy groups -OCH3 is 1. The van der Waals surface area contributed by atoms with E-state index in [4.69, 9.17) is 25.8 Å². The molecule has 1 N–H and O–H groups in total. The summed E-state index contributed by atoms with van der Waals surface area (Å²) < 4.78 is 16.4. The predicted octanol–water partition coefficient (Wildman–Crippen LogP) is 4.79. The number of halogens is 1. The third kappa shape index (κ3) is 5.03. The second-order valence-corrected chi connectivity index (χ2v) is 5.66. The first-order chi connectivity index (χ1) is 12.1. The van der Waals surface area contributed by atoms with E-state index in [-0.39, 0.29) is 5.91 Å². The van der Waals surface area contributed by atoms with Gasteiger partial charge in [-0.1, -0.05) is 24.6 Å². The SMILES string of the molecule is CCCOc1c(Cl)cc(C(=O)Nc2cccc(OC)c2)cc1OCC. The molecule has 2 aromatic carbocycles. The van der Waals surface area contributed by atoms with E-state index < -0.39 is 0 Å². The van der Waals surface area contributed by atoms with Crippen molar-refractivity contribution in [3.8, 4) is 17.2 Å². The molecule has 0 spiro atoms. The van der Waals surface area contributed by atoms with Gasteiger partial charge in [-0.25, -0.2) is 0 Å². The zero-order valence-corrected chi connectivity index (χ0v) is 15.4. The van der Waals surface area contributed by atoms with Gasteiger partial charge in [0.25, 0.3) is 5.91 Å². The van der Waals surface area contributed by atoms with Crippen LogP contribution in [-0.4, -0.2) is 26.2 Å². The van der Waals surface area contributed by atoms with Gasteiger partial charge in [0.15, 0.2) is 11.5 Å². The summed E-state index contributed by atoms with van der Waals surface area (Å²) in [5, 5.41) is 3.16. The lowest BCUT2D eigenvalue weighted by atomic mass is 10.1. The van der Waals surface area contributed by atoms with Gasteiger partial charge in [0, 0.05) is 17.3 Å². The van der Waals surface area contributed by atoms with Crippen LogP contribution in [0.4, 0.5) is 5.69 Å². The summed E-state index contributed by atoms with van der Waals surface area (Å²) in [4.78, 5) is 12.5. The van der Waals surface area contributed by atoms with Gasteiger partial charge < -0.3 is 19.5 Å². The van der Waals surface area contributed by atoms with Crippen molar-refractivity contribution in [3.63, 3.8) is 0 Å². The summed E-state index contributed by atoms with van der Waals surface area (Å²) in [6.07, 6.45) is 0.847. The summed E-state index contributed by atoms with van der Waals surface area (Å²) in [6, 6.07) is 10.3. The highest BCUT2D eigenvalue weighted by molar-refractivity contribution is 6.32. The van der Waals surface area contributed by atoms with Gasteiger partial charge in [0.2, 0.25) is 0 Å². The Kier molecular flexibility index (Phi) is 6.95. The number of nitrogens with one attached hydrogen (secondary N) is 1. The van der Waals surface area contributed by atoms with Gasteiger partial charge in [0.05, 0.1) is 25.3 Å². The van der Waals surface area contributed by atoms with Crippen molar-refractivity contribution < 1.29 is 19.0 Å². The first-order valence-electron chi connectivity index (χ1n) is 8.13. The first-order valence-corrected chi connectivity index (χ1v) is 8.51. The van der Waals surface area contributed by atoms with E-state index in [0.717, 1.165) is 6.42 Å². The van der Waals surface area contributed by atoms with Crippen molar-refractivity contribution >= 4 is 23.2 Å². The second kappa shape index (κ2) is 9.18. The van der Waals surface area contributed by atoms with Crippen LogP contribution in [0, 0.1) is 0 Å². The average molecular weight is 364 g/mol. The standard InChI is InChI=1S/C19H22ClNO4/c1-4-9-25-18-16(20)10-13(11-17(18)24-5-2)19(22)21-14-7-6-8-15(12-14)23-3/h6-8,10-12H,4-5,9H2,1-3H3,(H,21,22). The van der Waals surface area contributed by atoms with Crippen LogP contribution in [-0.2, 0) is 0 Å². The third-order valence-corrected chi connectivity index (χ3v) is 3.63. The van der Waals surface area contributed by atoms with Crippen LogP contribution in [0.25, 0.3) is 0 Å². The molecule has 2 rings (SSSR count). The molecule has 0 aliphatic heterocycles. The molecule has 0 aromatic heterocycles. The second-order valence-electron chi connectivity index (χ2n) is 5.25. The smallest absolute Gasteiger partial charge is 0.255 e. The van der Waals surface area contributed by atoms with E-state index in [2.05, 4.69) is 5.32 Å². The molecule has 0 aliphatic carbocycles. The van der Waals surface area contributed by atoms with E-state index in [1.54, 1.807) is 43.5 Å². The molecule has 5 nitrogen and oxygen atoms in total. The summed E-state index contributed by atoms with van der Waals surface area (Å²) in [5.74, 6) is 1.29. The normalized spacial score (nSPS) is 10.2. The number of carbonyl (C=O) groups is 1. The monoisotopic (exact) mass is 363 g/mol. The molecule has 1 amide bonds. The number of benzene rings is 2. The Morgan fingerprint density at radius 1 is 1.16 bits per heavy atom. The van der Waals surface area contributed by atoms with Crippen LogP contribution in [0.1, 0.15) is 30.6 Å². The van der Waals surface area contributed by atoms with Gasteiger partial charge in [-0.3, -0.25) is 4.79 Å². The lowest BCUT2D eigenvalue weighted by molar-refractivity contribution is 0.102. The molecule has 25 heavy (non-hydrogen) atoms. The highest BCUT2D eigenvalue weighted by Crippen LogP contribution is 2.37. The molecular formula is C19H22ClNO4. The predicted molar refractivity (Wildman–Crippen MR) is 99.4 cm³/mol. The highest BCUT2D eigenvalue weighted by atomic mass is 35.5. The molecular weight excluding hydrogens is 342 g/mol. The number of rotatable bonds is 8. The first kappa shape index (κ1) is 18.9. The lowest BCUT2D eigenvalue weighted by Gasteiger charge is -2.15. The number of hydrogen-bond donors (Lipinski definition) is 1. The molecule has 2 aromatic rings. The number of ether oxygens (including phenoxy) is 3. The lowest BCUT2D eigenvalue weighted by Crippen LogP contribution is -2.13. The average Bonchev–Trinajstić information content (AvgIpc) is 2.61. The number of carbonyl (C=O) groups excluding carboxylic acids is 1. The van der Waals surface area contributed by atoms with Crippen molar-refractivity contribution in [3.05, 3.63) is 47.0 Å². The summed E-state index contributed by atoms with van der Waals surface area (Å²) in [6.45, 7) is 4.83. The molecule has 0 atom stereocenters. The minimum Gasteiger partial charge on any atom is -0.497 e. The van der Waals surface area contributed by atoms with Gasteiger partial charge >= 0.3 is 0 Å². The Morgan fingerprint density at radius 3 is 2.64 bits per heavy atom. The van der Waals surface area contributed by atoms with Gasteiger partial charge in [0.1, 0.15) is 5.75 Å².